The molecule has 0 saturated carbocycles. The zero-order valence-corrected chi connectivity index (χ0v) is 15.0. The summed E-state index contributed by atoms with van der Waals surface area (Å²) in [7, 11) is 0. The number of ether oxygens (including phenoxy) is 1. The van der Waals surface area contributed by atoms with Gasteiger partial charge in [-0.3, -0.25) is 0 Å². The minimum atomic E-state index is -0.507. The first-order valence-corrected chi connectivity index (χ1v) is 7.73. The Morgan fingerprint density at radius 1 is 1.32 bits per heavy atom. The van der Waals surface area contributed by atoms with Gasteiger partial charge < -0.3 is 15.0 Å². The summed E-state index contributed by atoms with van der Waals surface area (Å²) >= 11 is 5.85. The highest BCUT2D eigenvalue weighted by Gasteiger charge is 2.30. The first-order chi connectivity index (χ1) is 9.99. The lowest BCUT2D eigenvalue weighted by molar-refractivity contribution is 0.00749. The first kappa shape index (κ1) is 18.6. The number of aromatic nitrogens is 1. The molecule has 0 radical (unpaired) electrons. The molecule has 1 aromatic rings. The minimum absolute atomic E-state index is 0.311. The lowest BCUT2D eigenvalue weighted by atomic mass is 10.1. The van der Waals surface area contributed by atoms with Crippen molar-refractivity contribution >= 4 is 23.4 Å². The van der Waals surface area contributed by atoms with Gasteiger partial charge in [-0.2, -0.15) is 0 Å². The quantitative estimate of drug-likeness (QED) is 0.843. The Balaban J connectivity index is 2.65. The van der Waals surface area contributed by atoms with Gasteiger partial charge in [0, 0.05) is 30.5 Å². The fourth-order valence-corrected chi connectivity index (χ4v) is 2.02. The van der Waals surface area contributed by atoms with Crippen LogP contribution in [0.2, 0.25) is 5.15 Å². The van der Waals surface area contributed by atoms with Gasteiger partial charge in [-0.15, -0.1) is 0 Å². The summed E-state index contributed by atoms with van der Waals surface area (Å²) in [5.41, 5.74) is 0.0463. The number of amides is 1. The summed E-state index contributed by atoms with van der Waals surface area (Å²) in [6.07, 6.45) is 1.33. The van der Waals surface area contributed by atoms with E-state index >= 15 is 0 Å². The van der Waals surface area contributed by atoms with E-state index in [2.05, 4.69) is 10.3 Å². The average molecular weight is 328 g/mol. The van der Waals surface area contributed by atoms with Gasteiger partial charge in [0.1, 0.15) is 10.8 Å². The zero-order chi connectivity index (χ0) is 17.0. The molecule has 1 rings (SSSR count). The molecule has 0 aromatic carbocycles. The lowest BCUT2D eigenvalue weighted by Gasteiger charge is -2.37. The van der Waals surface area contributed by atoms with Crippen molar-refractivity contribution in [2.45, 2.75) is 52.7 Å². The average Bonchev–Trinajstić information content (AvgIpc) is 2.30. The summed E-state index contributed by atoms with van der Waals surface area (Å²) in [4.78, 5) is 18.0. The van der Waals surface area contributed by atoms with E-state index in [0.717, 1.165) is 5.69 Å². The van der Waals surface area contributed by atoms with Crippen molar-refractivity contribution in [3.8, 4) is 0 Å². The van der Waals surface area contributed by atoms with Crippen molar-refractivity contribution in [2.24, 2.45) is 0 Å². The summed E-state index contributed by atoms with van der Waals surface area (Å²) in [5.74, 6) is 0. The molecule has 0 unspecified atom stereocenters. The topological polar surface area (TPSA) is 54.5 Å². The molecule has 0 saturated heterocycles. The molecule has 124 valence electrons. The van der Waals surface area contributed by atoms with Gasteiger partial charge in [0.25, 0.3) is 0 Å². The summed E-state index contributed by atoms with van der Waals surface area (Å²) in [6.45, 7) is 12.7. The van der Waals surface area contributed by atoms with Crippen LogP contribution in [-0.4, -0.2) is 40.2 Å². The number of hydrogen-bond acceptors (Lipinski definition) is 4. The van der Waals surface area contributed by atoms with Gasteiger partial charge in [-0.25, -0.2) is 9.78 Å². The van der Waals surface area contributed by atoms with Gasteiger partial charge in [0.2, 0.25) is 0 Å². The predicted molar refractivity (Wildman–Crippen MR) is 90.4 cm³/mol. The van der Waals surface area contributed by atoms with Gasteiger partial charge in [0.15, 0.2) is 0 Å². The van der Waals surface area contributed by atoms with Crippen molar-refractivity contribution in [1.29, 1.82) is 0 Å². The van der Waals surface area contributed by atoms with Crippen LogP contribution >= 0.6 is 11.6 Å². The molecule has 0 spiro atoms. The van der Waals surface area contributed by atoms with Crippen LogP contribution in [0.15, 0.2) is 18.3 Å². The van der Waals surface area contributed by atoms with E-state index in [0.29, 0.717) is 18.2 Å². The molecule has 1 aromatic heterocycles. The maximum Gasteiger partial charge on any atom is 0.410 e. The highest BCUT2D eigenvalue weighted by molar-refractivity contribution is 6.29. The van der Waals surface area contributed by atoms with Crippen LogP contribution in [0.25, 0.3) is 0 Å². The highest BCUT2D eigenvalue weighted by Crippen LogP contribution is 2.18. The second-order valence-corrected chi connectivity index (χ2v) is 7.48. The molecule has 0 atom stereocenters. The second kappa shape index (κ2) is 7.18. The van der Waals surface area contributed by atoms with Crippen molar-refractivity contribution in [3.05, 3.63) is 23.5 Å². The smallest absolute Gasteiger partial charge is 0.410 e. The number of nitrogens with one attached hydrogen (secondary N) is 1. The fraction of sp³-hybridized carbons (Fsp3) is 0.625. The van der Waals surface area contributed by atoms with Crippen molar-refractivity contribution in [2.75, 3.05) is 18.4 Å². The van der Waals surface area contributed by atoms with E-state index in [4.69, 9.17) is 16.3 Å². The van der Waals surface area contributed by atoms with Gasteiger partial charge >= 0.3 is 6.09 Å². The molecular weight excluding hydrogens is 302 g/mol. The SMILES string of the molecule is CC(C)(C)OC(=O)N(CCNc1ccnc(Cl)c1)C(C)(C)C. The van der Waals surface area contributed by atoms with Gasteiger partial charge in [-0.05, 0) is 53.7 Å². The molecule has 1 amide bonds. The van der Waals surface area contributed by atoms with Gasteiger partial charge in [0.05, 0.1) is 0 Å². The highest BCUT2D eigenvalue weighted by atomic mass is 35.5. The van der Waals surface area contributed by atoms with E-state index < -0.39 is 5.60 Å². The third-order valence-electron chi connectivity index (χ3n) is 2.81. The van der Waals surface area contributed by atoms with E-state index in [1.54, 1.807) is 17.2 Å². The number of carbonyl (C=O) groups excluding carboxylic acids is 1. The number of nitrogens with zero attached hydrogens (tertiary/aromatic N) is 2. The van der Waals surface area contributed by atoms with Crippen LogP contribution in [0.5, 0.6) is 0 Å². The Kier molecular flexibility index (Phi) is 6.06. The maximum absolute atomic E-state index is 12.3. The molecule has 0 aliphatic heterocycles. The molecule has 6 heteroatoms. The zero-order valence-electron chi connectivity index (χ0n) is 14.2. The minimum Gasteiger partial charge on any atom is -0.444 e. The Morgan fingerprint density at radius 2 is 1.95 bits per heavy atom. The summed E-state index contributed by atoms with van der Waals surface area (Å²) in [6, 6.07) is 3.58. The van der Waals surface area contributed by atoms with E-state index in [1.165, 1.54) is 0 Å². The Morgan fingerprint density at radius 3 is 2.45 bits per heavy atom. The van der Waals surface area contributed by atoms with Crippen LogP contribution in [-0.2, 0) is 4.74 Å². The molecule has 0 bridgehead atoms. The number of pyridine rings is 1. The van der Waals surface area contributed by atoms with Crippen LogP contribution in [0.1, 0.15) is 41.5 Å². The Bertz CT molecular complexity index is 507. The van der Waals surface area contributed by atoms with Crippen molar-refractivity contribution < 1.29 is 9.53 Å². The summed E-state index contributed by atoms with van der Waals surface area (Å²) < 4.78 is 5.48. The maximum atomic E-state index is 12.3. The second-order valence-electron chi connectivity index (χ2n) is 7.10. The van der Waals surface area contributed by atoms with Crippen LogP contribution < -0.4 is 5.32 Å². The van der Waals surface area contributed by atoms with Crippen molar-refractivity contribution in [1.82, 2.24) is 9.88 Å². The van der Waals surface area contributed by atoms with Crippen LogP contribution in [0, 0.1) is 0 Å². The van der Waals surface area contributed by atoms with E-state index in [9.17, 15) is 4.79 Å². The Labute approximate surface area is 138 Å². The molecule has 5 nitrogen and oxygen atoms in total. The molecule has 0 aliphatic carbocycles. The van der Waals surface area contributed by atoms with E-state index in [1.807, 2.05) is 47.6 Å². The number of hydrogen-bond donors (Lipinski definition) is 1. The monoisotopic (exact) mass is 327 g/mol. The first-order valence-electron chi connectivity index (χ1n) is 7.35. The van der Waals surface area contributed by atoms with Crippen LogP contribution in [0.3, 0.4) is 0 Å². The lowest BCUT2D eigenvalue weighted by Crippen LogP contribution is -2.49. The van der Waals surface area contributed by atoms with E-state index in [-0.39, 0.29) is 11.6 Å². The molecular formula is C16H26ClN3O2. The Hall–Kier alpha value is -1.49. The number of carbonyl (C=O) groups is 1. The standard InChI is InChI=1S/C16H26ClN3O2/c1-15(2,3)20(14(21)22-16(4,5)6)10-9-18-12-7-8-19-13(17)11-12/h7-8,11H,9-10H2,1-6H3,(H,18,19). The normalized spacial score (nSPS) is 12.0. The fourth-order valence-electron chi connectivity index (χ4n) is 1.84. The molecule has 0 fully saturated rings. The predicted octanol–water partition coefficient (Wildman–Crippen LogP) is 4.18. The molecule has 1 heterocycles. The number of rotatable bonds is 4. The third-order valence-corrected chi connectivity index (χ3v) is 3.02. The molecule has 22 heavy (non-hydrogen) atoms. The van der Waals surface area contributed by atoms with Gasteiger partial charge in [-0.1, -0.05) is 11.6 Å². The molecule has 1 N–H and O–H groups in total. The molecule has 0 aliphatic rings. The largest absolute Gasteiger partial charge is 0.444 e. The number of halogens is 1. The third kappa shape index (κ3) is 6.52. The van der Waals surface area contributed by atoms with Crippen LogP contribution in [0.4, 0.5) is 10.5 Å². The van der Waals surface area contributed by atoms with Crippen molar-refractivity contribution in [3.63, 3.8) is 0 Å². The summed E-state index contributed by atoms with van der Waals surface area (Å²) in [5, 5.41) is 3.67. The number of anilines is 1.